The molecule has 0 saturated heterocycles. The molecule has 4 heteroatoms. The minimum atomic E-state index is -1.10. The summed E-state index contributed by atoms with van der Waals surface area (Å²) < 4.78 is 11.4. The Balaban J connectivity index is 2.12. The van der Waals surface area contributed by atoms with E-state index >= 15 is 0 Å². The summed E-state index contributed by atoms with van der Waals surface area (Å²) in [5.74, 6) is 1.50. The number of hydrogen-bond acceptors (Lipinski definition) is 4. The highest BCUT2D eigenvalue weighted by Crippen LogP contribution is 2.38. The van der Waals surface area contributed by atoms with Crippen LogP contribution < -0.4 is 9.47 Å². The molecule has 0 bridgehead atoms. The molecule has 0 aliphatic carbocycles. The van der Waals surface area contributed by atoms with E-state index in [1.807, 2.05) is 55.5 Å². The number of rotatable bonds is 10. The van der Waals surface area contributed by atoms with Crippen molar-refractivity contribution in [2.75, 3.05) is 20.3 Å². The lowest BCUT2D eigenvalue weighted by atomic mass is 9.83. The van der Waals surface area contributed by atoms with Gasteiger partial charge in [0, 0.05) is 24.2 Å². The lowest BCUT2D eigenvalue weighted by molar-refractivity contribution is 0.0735. The summed E-state index contributed by atoms with van der Waals surface area (Å²) in [6.07, 6.45) is 0.547. The molecule has 0 heterocycles. The molecular formula is C24H35NO3. The Labute approximate surface area is 170 Å². The second kappa shape index (κ2) is 9.94. The standard InChI is InChI=1S/C24H35NO3/c1-7-24(26,22-10-8-9-11-23(22)27-6)20-12-14-21(15-13-20)28-17-16-25(18(2)3)19(4)5/h8-15,18-19,26H,7,16-17H2,1-6H3. The minimum Gasteiger partial charge on any atom is -0.496 e. The van der Waals surface area contributed by atoms with Gasteiger partial charge in [-0.3, -0.25) is 4.90 Å². The molecule has 0 spiro atoms. The van der Waals surface area contributed by atoms with Crippen molar-refractivity contribution >= 4 is 0 Å². The van der Waals surface area contributed by atoms with Crippen LogP contribution in [0.1, 0.15) is 52.2 Å². The third-order valence-corrected chi connectivity index (χ3v) is 5.34. The smallest absolute Gasteiger partial charge is 0.125 e. The summed E-state index contributed by atoms with van der Waals surface area (Å²) in [7, 11) is 1.63. The van der Waals surface area contributed by atoms with E-state index in [-0.39, 0.29) is 0 Å². The molecule has 0 aliphatic heterocycles. The first-order valence-corrected chi connectivity index (χ1v) is 10.2. The predicted molar refractivity (Wildman–Crippen MR) is 115 cm³/mol. The molecule has 2 rings (SSSR count). The van der Waals surface area contributed by atoms with E-state index in [1.54, 1.807) is 7.11 Å². The van der Waals surface area contributed by atoms with E-state index in [4.69, 9.17) is 9.47 Å². The van der Waals surface area contributed by atoms with Crippen molar-refractivity contribution < 1.29 is 14.6 Å². The first-order valence-electron chi connectivity index (χ1n) is 10.2. The maximum atomic E-state index is 11.4. The van der Waals surface area contributed by atoms with Crippen molar-refractivity contribution in [3.8, 4) is 11.5 Å². The average Bonchev–Trinajstić information content (AvgIpc) is 2.70. The van der Waals surface area contributed by atoms with Gasteiger partial charge in [-0.1, -0.05) is 37.3 Å². The van der Waals surface area contributed by atoms with E-state index in [1.165, 1.54) is 0 Å². The second-order valence-corrected chi connectivity index (χ2v) is 7.71. The first kappa shape index (κ1) is 22.3. The highest BCUT2D eigenvalue weighted by Gasteiger charge is 2.32. The van der Waals surface area contributed by atoms with E-state index < -0.39 is 5.60 Å². The fraction of sp³-hybridized carbons (Fsp3) is 0.500. The molecular weight excluding hydrogens is 350 g/mol. The summed E-state index contributed by atoms with van der Waals surface area (Å²) in [5.41, 5.74) is 0.507. The first-order chi connectivity index (χ1) is 13.3. The van der Waals surface area contributed by atoms with E-state index in [2.05, 4.69) is 32.6 Å². The maximum Gasteiger partial charge on any atom is 0.125 e. The molecule has 4 nitrogen and oxygen atoms in total. The van der Waals surface area contributed by atoms with Gasteiger partial charge in [0.25, 0.3) is 0 Å². The molecule has 0 fully saturated rings. The molecule has 1 unspecified atom stereocenters. The Morgan fingerprint density at radius 2 is 1.57 bits per heavy atom. The molecule has 0 aromatic heterocycles. The van der Waals surface area contributed by atoms with Crippen LogP contribution in [0, 0.1) is 0 Å². The third-order valence-electron chi connectivity index (χ3n) is 5.34. The SMILES string of the molecule is CCC(O)(c1ccc(OCCN(C(C)C)C(C)C)cc1)c1ccccc1OC. The number of aliphatic hydroxyl groups is 1. The Hall–Kier alpha value is -2.04. The Bertz CT molecular complexity index is 719. The number of nitrogens with zero attached hydrogens (tertiary/aromatic N) is 1. The monoisotopic (exact) mass is 385 g/mol. The molecule has 28 heavy (non-hydrogen) atoms. The Kier molecular flexibility index (Phi) is 7.90. The topological polar surface area (TPSA) is 41.9 Å². The number of ether oxygens (including phenoxy) is 2. The molecule has 0 amide bonds. The van der Waals surface area contributed by atoms with Gasteiger partial charge in [0.1, 0.15) is 23.7 Å². The second-order valence-electron chi connectivity index (χ2n) is 7.71. The average molecular weight is 386 g/mol. The van der Waals surface area contributed by atoms with Crippen LogP contribution in [0.2, 0.25) is 0 Å². The molecule has 1 N–H and O–H groups in total. The van der Waals surface area contributed by atoms with Crippen LogP contribution in [-0.4, -0.2) is 42.4 Å². The number of hydrogen-bond donors (Lipinski definition) is 1. The summed E-state index contributed by atoms with van der Waals surface area (Å²) in [6.45, 7) is 12.3. The van der Waals surface area contributed by atoms with Crippen LogP contribution in [0.5, 0.6) is 11.5 Å². The zero-order valence-electron chi connectivity index (χ0n) is 18.1. The van der Waals surface area contributed by atoms with E-state index in [9.17, 15) is 5.11 Å². The van der Waals surface area contributed by atoms with Gasteiger partial charge in [-0.05, 0) is 57.9 Å². The molecule has 0 saturated carbocycles. The molecule has 2 aromatic carbocycles. The quantitative estimate of drug-likeness (QED) is 0.635. The zero-order chi connectivity index (χ0) is 20.7. The molecule has 0 aliphatic rings. The van der Waals surface area contributed by atoms with Crippen molar-refractivity contribution in [1.82, 2.24) is 4.90 Å². The Morgan fingerprint density at radius 1 is 0.964 bits per heavy atom. The summed E-state index contributed by atoms with van der Waals surface area (Å²) >= 11 is 0. The fourth-order valence-electron chi connectivity index (χ4n) is 3.74. The van der Waals surface area contributed by atoms with Gasteiger partial charge in [-0.2, -0.15) is 0 Å². The molecule has 2 aromatic rings. The van der Waals surface area contributed by atoms with Gasteiger partial charge in [0.05, 0.1) is 7.11 Å². The predicted octanol–water partition coefficient (Wildman–Crippen LogP) is 4.84. The van der Waals surface area contributed by atoms with Crippen LogP contribution in [0.3, 0.4) is 0 Å². The largest absolute Gasteiger partial charge is 0.496 e. The minimum absolute atomic E-state index is 0.492. The van der Waals surface area contributed by atoms with Crippen LogP contribution in [0.25, 0.3) is 0 Å². The van der Waals surface area contributed by atoms with Crippen LogP contribution >= 0.6 is 0 Å². The maximum absolute atomic E-state index is 11.4. The van der Waals surface area contributed by atoms with Crippen LogP contribution in [0.15, 0.2) is 48.5 Å². The van der Waals surface area contributed by atoms with Gasteiger partial charge in [-0.15, -0.1) is 0 Å². The number of benzene rings is 2. The molecule has 154 valence electrons. The zero-order valence-corrected chi connectivity index (χ0v) is 18.1. The lowest BCUT2D eigenvalue weighted by Crippen LogP contribution is -2.39. The highest BCUT2D eigenvalue weighted by atomic mass is 16.5. The lowest BCUT2D eigenvalue weighted by Gasteiger charge is -2.30. The highest BCUT2D eigenvalue weighted by molar-refractivity contribution is 5.45. The molecule has 1 atom stereocenters. The van der Waals surface area contributed by atoms with E-state index in [0.29, 0.717) is 30.9 Å². The van der Waals surface area contributed by atoms with Gasteiger partial charge >= 0.3 is 0 Å². The van der Waals surface area contributed by atoms with Gasteiger partial charge in [-0.25, -0.2) is 0 Å². The van der Waals surface area contributed by atoms with Crippen molar-refractivity contribution in [2.45, 2.75) is 58.7 Å². The normalized spacial score (nSPS) is 13.8. The van der Waals surface area contributed by atoms with Gasteiger partial charge in [0.2, 0.25) is 0 Å². The molecule has 0 radical (unpaired) electrons. The van der Waals surface area contributed by atoms with Crippen LogP contribution in [-0.2, 0) is 5.60 Å². The van der Waals surface area contributed by atoms with Crippen molar-refractivity contribution in [2.24, 2.45) is 0 Å². The van der Waals surface area contributed by atoms with Crippen molar-refractivity contribution in [1.29, 1.82) is 0 Å². The number of para-hydroxylation sites is 1. The van der Waals surface area contributed by atoms with Gasteiger partial charge in [0.15, 0.2) is 0 Å². The summed E-state index contributed by atoms with van der Waals surface area (Å²) in [5, 5.41) is 11.4. The summed E-state index contributed by atoms with van der Waals surface area (Å²) in [4.78, 5) is 2.41. The third kappa shape index (κ3) is 5.06. The van der Waals surface area contributed by atoms with Crippen LogP contribution in [0.4, 0.5) is 0 Å². The fourth-order valence-corrected chi connectivity index (χ4v) is 3.74. The van der Waals surface area contributed by atoms with Crippen molar-refractivity contribution in [3.63, 3.8) is 0 Å². The van der Waals surface area contributed by atoms with Crippen molar-refractivity contribution in [3.05, 3.63) is 59.7 Å². The van der Waals surface area contributed by atoms with Gasteiger partial charge < -0.3 is 14.6 Å². The Morgan fingerprint density at radius 3 is 2.11 bits per heavy atom. The summed E-state index contributed by atoms with van der Waals surface area (Å²) in [6, 6.07) is 16.3. The number of methoxy groups -OCH3 is 1. The van der Waals surface area contributed by atoms with E-state index in [0.717, 1.165) is 23.4 Å².